The lowest BCUT2D eigenvalue weighted by molar-refractivity contribution is 0.521. The summed E-state index contributed by atoms with van der Waals surface area (Å²) in [4.78, 5) is 12.0. The highest BCUT2D eigenvalue weighted by molar-refractivity contribution is 5.75. The Morgan fingerprint density at radius 1 is 1.27 bits per heavy atom. The van der Waals surface area contributed by atoms with Crippen LogP contribution in [0.2, 0.25) is 0 Å². The second kappa shape index (κ2) is 3.57. The van der Waals surface area contributed by atoms with Crippen molar-refractivity contribution in [3.05, 3.63) is 34.7 Å². The molecule has 0 saturated carbocycles. The maximum atomic E-state index is 12.0. The molecule has 1 aromatic heterocycles. The largest absolute Gasteiger partial charge is 0.329 e. The molecule has 1 aromatic carbocycles. The molecule has 3 heteroatoms. The zero-order valence-electron chi connectivity index (χ0n) is 9.40. The lowest BCUT2D eigenvalue weighted by Gasteiger charge is -2.09. The van der Waals surface area contributed by atoms with E-state index in [4.69, 9.17) is 0 Å². The molecule has 0 N–H and O–H groups in total. The second-order valence-electron chi connectivity index (χ2n) is 3.96. The van der Waals surface area contributed by atoms with Crippen molar-refractivity contribution in [3.8, 4) is 0 Å². The van der Waals surface area contributed by atoms with Gasteiger partial charge in [-0.1, -0.05) is 19.1 Å². The van der Waals surface area contributed by atoms with E-state index in [1.807, 2.05) is 35.9 Å². The summed E-state index contributed by atoms with van der Waals surface area (Å²) in [5.74, 6) is 0. The summed E-state index contributed by atoms with van der Waals surface area (Å²) in [6.07, 6.45) is 0.966. The van der Waals surface area contributed by atoms with Crippen LogP contribution in [-0.4, -0.2) is 9.13 Å². The molecule has 1 heterocycles. The standard InChI is InChI=1S/C12H16N2O/c1-4-9(2)14-11-8-6-5-7-10(11)13(3)12(14)15/h5-9H,4H2,1-3H3. The van der Waals surface area contributed by atoms with E-state index in [1.54, 1.807) is 4.57 Å². The highest BCUT2D eigenvalue weighted by atomic mass is 16.1. The number of hydrogen-bond acceptors (Lipinski definition) is 1. The highest BCUT2D eigenvalue weighted by Gasteiger charge is 2.13. The third-order valence-corrected chi connectivity index (χ3v) is 3.03. The van der Waals surface area contributed by atoms with Crippen molar-refractivity contribution in [2.45, 2.75) is 26.3 Å². The van der Waals surface area contributed by atoms with Gasteiger partial charge in [-0.15, -0.1) is 0 Å². The number of benzene rings is 1. The predicted molar refractivity (Wildman–Crippen MR) is 62.2 cm³/mol. The normalized spacial score (nSPS) is 13.3. The van der Waals surface area contributed by atoms with Crippen LogP contribution in [0.5, 0.6) is 0 Å². The molecular formula is C12H16N2O. The van der Waals surface area contributed by atoms with Gasteiger partial charge >= 0.3 is 5.69 Å². The Morgan fingerprint density at radius 2 is 1.87 bits per heavy atom. The topological polar surface area (TPSA) is 26.9 Å². The Kier molecular flexibility index (Phi) is 2.39. The molecule has 2 aromatic rings. The van der Waals surface area contributed by atoms with Gasteiger partial charge in [-0.3, -0.25) is 9.13 Å². The summed E-state index contributed by atoms with van der Waals surface area (Å²) < 4.78 is 3.58. The van der Waals surface area contributed by atoms with Crippen molar-refractivity contribution < 1.29 is 0 Å². The molecule has 0 bridgehead atoms. The number of para-hydroxylation sites is 2. The number of nitrogens with zero attached hydrogens (tertiary/aromatic N) is 2. The second-order valence-corrected chi connectivity index (χ2v) is 3.96. The fraction of sp³-hybridized carbons (Fsp3) is 0.417. The number of imidazole rings is 1. The number of hydrogen-bond donors (Lipinski definition) is 0. The quantitative estimate of drug-likeness (QED) is 0.737. The molecule has 0 spiro atoms. The lowest BCUT2D eigenvalue weighted by Crippen LogP contribution is -2.24. The van der Waals surface area contributed by atoms with E-state index in [2.05, 4.69) is 13.8 Å². The first-order chi connectivity index (χ1) is 7.16. The van der Waals surface area contributed by atoms with Crippen LogP contribution in [0, 0.1) is 0 Å². The van der Waals surface area contributed by atoms with E-state index in [0.717, 1.165) is 17.5 Å². The van der Waals surface area contributed by atoms with Crippen LogP contribution in [0.4, 0.5) is 0 Å². The van der Waals surface area contributed by atoms with Crippen LogP contribution >= 0.6 is 0 Å². The van der Waals surface area contributed by atoms with Crippen LogP contribution in [0.15, 0.2) is 29.1 Å². The summed E-state index contributed by atoms with van der Waals surface area (Å²) in [6.45, 7) is 4.17. The number of aromatic nitrogens is 2. The minimum absolute atomic E-state index is 0.0746. The Hall–Kier alpha value is -1.51. The average Bonchev–Trinajstić information content (AvgIpc) is 2.52. The average molecular weight is 204 g/mol. The molecule has 0 radical (unpaired) electrons. The maximum Gasteiger partial charge on any atom is 0.329 e. The Labute approximate surface area is 88.9 Å². The van der Waals surface area contributed by atoms with Gasteiger partial charge in [0.2, 0.25) is 0 Å². The van der Waals surface area contributed by atoms with Crippen LogP contribution in [0.1, 0.15) is 26.3 Å². The summed E-state index contributed by atoms with van der Waals surface area (Å²) in [5, 5.41) is 0. The van der Waals surface area contributed by atoms with Crippen molar-refractivity contribution in [1.82, 2.24) is 9.13 Å². The summed E-state index contributed by atoms with van der Waals surface area (Å²) in [5.41, 5.74) is 2.10. The first-order valence-electron chi connectivity index (χ1n) is 5.32. The van der Waals surface area contributed by atoms with E-state index in [1.165, 1.54) is 0 Å². The molecular weight excluding hydrogens is 188 g/mol. The molecule has 0 aliphatic carbocycles. The van der Waals surface area contributed by atoms with Crippen molar-refractivity contribution >= 4 is 11.0 Å². The van der Waals surface area contributed by atoms with Gasteiger partial charge in [0.05, 0.1) is 11.0 Å². The summed E-state index contributed by atoms with van der Waals surface area (Å²) in [7, 11) is 1.82. The summed E-state index contributed by atoms with van der Waals surface area (Å²) in [6, 6.07) is 8.17. The van der Waals surface area contributed by atoms with E-state index in [0.29, 0.717) is 0 Å². The van der Waals surface area contributed by atoms with E-state index in [9.17, 15) is 4.79 Å². The van der Waals surface area contributed by atoms with Gasteiger partial charge in [-0.25, -0.2) is 4.79 Å². The van der Waals surface area contributed by atoms with Gasteiger partial charge in [-0.05, 0) is 25.5 Å². The highest BCUT2D eigenvalue weighted by Crippen LogP contribution is 2.17. The molecule has 15 heavy (non-hydrogen) atoms. The maximum absolute atomic E-state index is 12.0. The first kappa shape index (κ1) is 10.0. The number of aryl methyl sites for hydroxylation is 1. The van der Waals surface area contributed by atoms with Crippen LogP contribution in [0.3, 0.4) is 0 Å². The summed E-state index contributed by atoms with van der Waals surface area (Å²) >= 11 is 0. The predicted octanol–water partition coefficient (Wildman–Crippen LogP) is 2.31. The van der Waals surface area contributed by atoms with E-state index < -0.39 is 0 Å². The molecule has 2 rings (SSSR count). The minimum Gasteiger partial charge on any atom is -0.295 e. The fourth-order valence-electron chi connectivity index (χ4n) is 1.93. The monoisotopic (exact) mass is 204 g/mol. The smallest absolute Gasteiger partial charge is 0.295 e. The third-order valence-electron chi connectivity index (χ3n) is 3.03. The van der Waals surface area contributed by atoms with Gasteiger partial charge < -0.3 is 0 Å². The van der Waals surface area contributed by atoms with Crippen molar-refractivity contribution in [2.75, 3.05) is 0 Å². The van der Waals surface area contributed by atoms with Crippen molar-refractivity contribution in [1.29, 1.82) is 0 Å². The number of rotatable bonds is 2. The third kappa shape index (κ3) is 1.39. The van der Waals surface area contributed by atoms with Crippen LogP contribution < -0.4 is 5.69 Å². The molecule has 1 atom stereocenters. The van der Waals surface area contributed by atoms with Crippen LogP contribution in [0.25, 0.3) is 11.0 Å². The van der Waals surface area contributed by atoms with Crippen LogP contribution in [-0.2, 0) is 7.05 Å². The minimum atomic E-state index is 0.0746. The molecule has 0 amide bonds. The molecule has 80 valence electrons. The lowest BCUT2D eigenvalue weighted by atomic mass is 10.2. The fourth-order valence-corrected chi connectivity index (χ4v) is 1.93. The first-order valence-corrected chi connectivity index (χ1v) is 5.32. The van der Waals surface area contributed by atoms with Gasteiger partial charge in [0.1, 0.15) is 0 Å². The molecule has 0 aliphatic rings. The van der Waals surface area contributed by atoms with E-state index in [-0.39, 0.29) is 11.7 Å². The van der Waals surface area contributed by atoms with Gasteiger partial charge in [0.25, 0.3) is 0 Å². The Balaban J connectivity index is 2.84. The zero-order valence-corrected chi connectivity index (χ0v) is 9.40. The SMILES string of the molecule is CCC(C)n1c(=O)n(C)c2ccccc21. The van der Waals surface area contributed by atoms with Gasteiger partial charge in [-0.2, -0.15) is 0 Å². The number of fused-ring (bicyclic) bond motifs is 1. The molecule has 0 saturated heterocycles. The molecule has 1 unspecified atom stereocenters. The van der Waals surface area contributed by atoms with Gasteiger partial charge in [0, 0.05) is 13.1 Å². The Bertz CT molecular complexity index is 536. The zero-order chi connectivity index (χ0) is 11.0. The molecule has 3 nitrogen and oxygen atoms in total. The van der Waals surface area contributed by atoms with Crippen molar-refractivity contribution in [3.63, 3.8) is 0 Å². The Morgan fingerprint density at radius 3 is 2.47 bits per heavy atom. The molecule has 0 aliphatic heterocycles. The molecule has 0 fully saturated rings. The van der Waals surface area contributed by atoms with Crippen molar-refractivity contribution in [2.24, 2.45) is 7.05 Å². The van der Waals surface area contributed by atoms with Gasteiger partial charge in [0.15, 0.2) is 0 Å². The van der Waals surface area contributed by atoms with E-state index >= 15 is 0 Å².